The number of rotatable bonds is 7. The van der Waals surface area contributed by atoms with E-state index in [0.717, 1.165) is 17.5 Å². The first-order valence-electron chi connectivity index (χ1n) is 11.2. The van der Waals surface area contributed by atoms with Gasteiger partial charge in [0.25, 0.3) is 11.5 Å². The van der Waals surface area contributed by atoms with E-state index in [2.05, 4.69) is 25.8 Å². The van der Waals surface area contributed by atoms with Crippen LogP contribution in [0.4, 0.5) is 11.5 Å². The van der Waals surface area contributed by atoms with E-state index in [1.54, 1.807) is 12.1 Å². The number of aromatic nitrogens is 2. The Labute approximate surface area is 193 Å². The molecule has 0 saturated carbocycles. The van der Waals surface area contributed by atoms with Crippen LogP contribution < -0.4 is 21.9 Å². The average Bonchev–Trinajstić information content (AvgIpc) is 2.78. The van der Waals surface area contributed by atoms with Crippen molar-refractivity contribution in [2.75, 3.05) is 17.2 Å². The molecule has 3 N–H and O–H groups in total. The number of nitrogens with one attached hydrogen (secondary N) is 1. The highest BCUT2D eigenvalue weighted by atomic mass is 16.2. The number of nitrogens with two attached hydrogens (primary N) is 1. The van der Waals surface area contributed by atoms with Crippen LogP contribution >= 0.6 is 0 Å². The molecule has 3 rings (SSSR count). The van der Waals surface area contributed by atoms with Crippen LogP contribution in [0, 0.1) is 0 Å². The van der Waals surface area contributed by atoms with Gasteiger partial charge in [-0.25, -0.2) is 4.79 Å². The minimum Gasteiger partial charge on any atom is -0.383 e. The van der Waals surface area contributed by atoms with Gasteiger partial charge in [-0.2, -0.15) is 0 Å². The minimum absolute atomic E-state index is 0.00359. The molecule has 0 unspecified atom stereocenters. The van der Waals surface area contributed by atoms with Crippen LogP contribution in [0.2, 0.25) is 0 Å². The maximum Gasteiger partial charge on any atom is 0.330 e. The summed E-state index contributed by atoms with van der Waals surface area (Å²) in [6, 6.07) is 16.7. The second kappa shape index (κ2) is 9.90. The first kappa shape index (κ1) is 24.0. The molecule has 1 heterocycles. The Morgan fingerprint density at radius 1 is 1.03 bits per heavy atom. The highest BCUT2D eigenvalue weighted by molar-refractivity contribution is 6.07. The molecule has 7 heteroatoms. The standard InChI is InChI=1S/C26H32N4O3/c1-5-6-16-29(24(32)19-12-14-20(15-13-19)26(2,3)4)21-22(27)30(25(33)28-23(21)31)17-18-10-8-7-9-11-18/h7-15H,5-6,16-17,27H2,1-4H3,(H,28,31,33). The normalized spacial score (nSPS) is 11.4. The van der Waals surface area contributed by atoms with E-state index >= 15 is 0 Å². The van der Waals surface area contributed by atoms with Crippen LogP contribution in [0.1, 0.15) is 62.0 Å². The zero-order valence-corrected chi connectivity index (χ0v) is 19.7. The number of nitrogens with zero attached hydrogens (tertiary/aromatic N) is 2. The summed E-state index contributed by atoms with van der Waals surface area (Å²) in [6.07, 6.45) is 1.51. The van der Waals surface area contributed by atoms with Crippen molar-refractivity contribution in [3.05, 3.63) is 92.1 Å². The number of anilines is 2. The van der Waals surface area contributed by atoms with Crippen LogP contribution in [-0.2, 0) is 12.0 Å². The molecular formula is C26H32N4O3. The van der Waals surface area contributed by atoms with Crippen LogP contribution in [0.5, 0.6) is 0 Å². The van der Waals surface area contributed by atoms with Crippen molar-refractivity contribution in [3.63, 3.8) is 0 Å². The third-order valence-corrected chi connectivity index (χ3v) is 5.65. The third-order valence-electron chi connectivity index (χ3n) is 5.65. The number of amides is 1. The van der Waals surface area contributed by atoms with E-state index < -0.39 is 11.2 Å². The van der Waals surface area contributed by atoms with Crippen molar-refractivity contribution in [2.24, 2.45) is 0 Å². The van der Waals surface area contributed by atoms with E-state index in [1.165, 1.54) is 9.47 Å². The first-order chi connectivity index (χ1) is 15.6. The Hall–Kier alpha value is -3.61. The first-order valence-corrected chi connectivity index (χ1v) is 11.2. The number of benzene rings is 2. The number of carbonyl (C=O) groups excluding carboxylic acids is 1. The molecule has 0 aliphatic heterocycles. The highest BCUT2D eigenvalue weighted by Crippen LogP contribution is 2.24. The molecule has 3 aromatic rings. The fourth-order valence-electron chi connectivity index (χ4n) is 3.66. The van der Waals surface area contributed by atoms with Crippen LogP contribution in [0.25, 0.3) is 0 Å². The number of carbonyl (C=O) groups is 1. The Kier molecular flexibility index (Phi) is 7.21. The Morgan fingerprint density at radius 3 is 2.24 bits per heavy atom. The molecule has 0 atom stereocenters. The van der Waals surface area contributed by atoms with Gasteiger partial charge in [0.05, 0.1) is 6.54 Å². The lowest BCUT2D eigenvalue weighted by Gasteiger charge is -2.25. The summed E-state index contributed by atoms with van der Waals surface area (Å²) >= 11 is 0. The van der Waals surface area contributed by atoms with Crippen LogP contribution in [0.15, 0.2) is 64.2 Å². The number of nitrogen functional groups attached to an aromatic ring is 1. The summed E-state index contributed by atoms with van der Waals surface area (Å²) in [7, 11) is 0. The molecule has 1 aromatic heterocycles. The molecule has 0 radical (unpaired) electrons. The molecule has 174 valence electrons. The van der Waals surface area contributed by atoms with Gasteiger partial charge < -0.3 is 10.6 Å². The number of hydrogen-bond acceptors (Lipinski definition) is 4. The Morgan fingerprint density at radius 2 is 1.67 bits per heavy atom. The van der Waals surface area contributed by atoms with Crippen molar-refractivity contribution in [2.45, 2.75) is 52.5 Å². The van der Waals surface area contributed by atoms with Gasteiger partial charge in [-0.1, -0.05) is 76.6 Å². The number of hydrogen-bond donors (Lipinski definition) is 2. The number of H-pyrrole nitrogens is 1. The van der Waals surface area contributed by atoms with E-state index in [-0.39, 0.29) is 29.4 Å². The Bertz CT molecular complexity index is 1220. The molecule has 7 nitrogen and oxygen atoms in total. The molecule has 1 amide bonds. The summed E-state index contributed by atoms with van der Waals surface area (Å²) in [6.45, 7) is 8.82. The third kappa shape index (κ3) is 5.42. The van der Waals surface area contributed by atoms with Gasteiger partial charge in [0.2, 0.25) is 0 Å². The molecule has 0 fully saturated rings. The quantitative estimate of drug-likeness (QED) is 0.572. The van der Waals surface area contributed by atoms with Gasteiger partial charge in [0.1, 0.15) is 5.82 Å². The summed E-state index contributed by atoms with van der Waals surface area (Å²) in [4.78, 5) is 42.6. The molecule has 0 bridgehead atoms. The smallest absolute Gasteiger partial charge is 0.330 e. The second-order valence-electron chi connectivity index (χ2n) is 9.20. The van der Waals surface area contributed by atoms with E-state index in [9.17, 15) is 14.4 Å². The molecule has 0 aliphatic rings. The SMILES string of the molecule is CCCCN(C(=O)c1ccc(C(C)(C)C)cc1)c1c(N)n(Cc2ccccc2)c(=O)[nH]c1=O. The zero-order valence-electron chi connectivity index (χ0n) is 19.7. The molecule has 2 aromatic carbocycles. The monoisotopic (exact) mass is 448 g/mol. The average molecular weight is 449 g/mol. The lowest BCUT2D eigenvalue weighted by atomic mass is 9.86. The van der Waals surface area contributed by atoms with Crippen molar-refractivity contribution in [1.29, 1.82) is 0 Å². The van der Waals surface area contributed by atoms with Gasteiger partial charge in [-0.3, -0.25) is 19.1 Å². The maximum atomic E-state index is 13.5. The van der Waals surface area contributed by atoms with Crippen molar-refractivity contribution < 1.29 is 4.79 Å². The van der Waals surface area contributed by atoms with Crippen molar-refractivity contribution in [3.8, 4) is 0 Å². The van der Waals surface area contributed by atoms with Gasteiger partial charge in [0, 0.05) is 12.1 Å². The molecule has 0 aliphatic carbocycles. The van der Waals surface area contributed by atoms with Gasteiger partial charge in [-0.15, -0.1) is 0 Å². The van der Waals surface area contributed by atoms with Gasteiger partial charge >= 0.3 is 5.69 Å². The lowest BCUT2D eigenvalue weighted by molar-refractivity contribution is 0.0986. The number of aromatic amines is 1. The summed E-state index contributed by atoms with van der Waals surface area (Å²) in [5, 5.41) is 0. The molecular weight excluding hydrogens is 416 g/mol. The second-order valence-corrected chi connectivity index (χ2v) is 9.20. The topological polar surface area (TPSA) is 101 Å². The van der Waals surface area contributed by atoms with E-state index in [1.807, 2.05) is 49.4 Å². The van der Waals surface area contributed by atoms with Crippen LogP contribution in [0.3, 0.4) is 0 Å². The molecule has 0 saturated heterocycles. The van der Waals surface area contributed by atoms with E-state index in [0.29, 0.717) is 18.5 Å². The largest absolute Gasteiger partial charge is 0.383 e. The summed E-state index contributed by atoms with van der Waals surface area (Å²) < 4.78 is 1.29. The van der Waals surface area contributed by atoms with Crippen LogP contribution in [-0.4, -0.2) is 22.0 Å². The summed E-state index contributed by atoms with van der Waals surface area (Å²) in [5.41, 5.74) is 7.45. The van der Waals surface area contributed by atoms with E-state index in [4.69, 9.17) is 5.73 Å². The molecule has 0 spiro atoms. The predicted octanol–water partition coefficient (Wildman–Crippen LogP) is 3.91. The lowest BCUT2D eigenvalue weighted by Crippen LogP contribution is -2.41. The minimum atomic E-state index is -0.669. The molecule has 33 heavy (non-hydrogen) atoms. The summed E-state index contributed by atoms with van der Waals surface area (Å²) in [5.74, 6) is -0.352. The fraction of sp³-hybridized carbons (Fsp3) is 0.346. The van der Waals surface area contributed by atoms with Crippen molar-refractivity contribution >= 4 is 17.4 Å². The van der Waals surface area contributed by atoms with Crippen molar-refractivity contribution in [1.82, 2.24) is 9.55 Å². The van der Waals surface area contributed by atoms with Gasteiger partial charge in [0.15, 0.2) is 5.69 Å². The predicted molar refractivity (Wildman–Crippen MR) is 133 cm³/mol. The zero-order chi connectivity index (χ0) is 24.2. The fourth-order valence-corrected chi connectivity index (χ4v) is 3.66. The van der Waals surface area contributed by atoms with Gasteiger partial charge in [-0.05, 0) is 35.1 Å². The highest BCUT2D eigenvalue weighted by Gasteiger charge is 2.25. The Balaban J connectivity index is 2.06. The number of unbranched alkanes of at least 4 members (excludes halogenated alkanes) is 1. The maximum absolute atomic E-state index is 13.5.